The Labute approximate surface area is 94.4 Å². The Morgan fingerprint density at radius 3 is 2.81 bits per heavy atom. The number of hydrogen-bond donors (Lipinski definition) is 0. The zero-order valence-electron chi connectivity index (χ0n) is 9.61. The number of epoxide rings is 1. The number of ketones is 1. The molecule has 3 heteroatoms. The van der Waals surface area contributed by atoms with Crippen LogP contribution >= 0.6 is 0 Å². The Bertz CT molecular complexity index is 476. The predicted molar refractivity (Wildman–Crippen MR) is 58.8 cm³/mol. The van der Waals surface area contributed by atoms with E-state index in [1.54, 1.807) is 13.0 Å². The maximum atomic E-state index is 11.3. The fourth-order valence-corrected chi connectivity index (χ4v) is 2.30. The molecule has 2 aliphatic rings. The summed E-state index contributed by atoms with van der Waals surface area (Å²) in [5, 5.41) is 0. The van der Waals surface area contributed by atoms with Crippen molar-refractivity contribution in [3.8, 4) is 5.75 Å². The van der Waals surface area contributed by atoms with Gasteiger partial charge in [0.2, 0.25) is 0 Å². The first-order valence-corrected chi connectivity index (χ1v) is 5.48. The molecule has 3 rings (SSSR count). The Morgan fingerprint density at radius 1 is 1.38 bits per heavy atom. The number of carbonyl (C=O) groups excluding carboxylic acids is 1. The smallest absolute Gasteiger partial charge is 0.159 e. The summed E-state index contributed by atoms with van der Waals surface area (Å²) in [6.45, 7) is 5.62. The van der Waals surface area contributed by atoms with Crippen molar-refractivity contribution in [3.63, 3.8) is 0 Å². The van der Waals surface area contributed by atoms with E-state index in [0.717, 1.165) is 16.9 Å². The van der Waals surface area contributed by atoms with Gasteiger partial charge in [-0.1, -0.05) is 0 Å². The minimum Gasteiger partial charge on any atom is -0.485 e. The van der Waals surface area contributed by atoms with Crippen LogP contribution in [0, 0.1) is 0 Å². The molecule has 0 saturated carbocycles. The fourth-order valence-electron chi connectivity index (χ4n) is 2.30. The van der Waals surface area contributed by atoms with Crippen molar-refractivity contribution in [2.45, 2.75) is 38.6 Å². The largest absolute Gasteiger partial charge is 0.485 e. The van der Waals surface area contributed by atoms with E-state index in [1.807, 2.05) is 26.0 Å². The van der Waals surface area contributed by atoms with Crippen LogP contribution in [0.4, 0.5) is 0 Å². The highest BCUT2D eigenvalue weighted by molar-refractivity contribution is 5.94. The molecule has 0 aromatic heterocycles. The van der Waals surface area contributed by atoms with Gasteiger partial charge in [-0.2, -0.15) is 0 Å². The van der Waals surface area contributed by atoms with Gasteiger partial charge in [-0.25, -0.2) is 0 Å². The number of benzene rings is 1. The Balaban J connectivity index is 2.06. The quantitative estimate of drug-likeness (QED) is 0.537. The van der Waals surface area contributed by atoms with E-state index in [9.17, 15) is 4.79 Å². The number of Topliss-reactive ketones (excluding diaryl/α,β-unsaturated/α-hetero) is 1. The molecule has 2 heterocycles. The van der Waals surface area contributed by atoms with E-state index in [1.165, 1.54) is 0 Å². The molecule has 0 N–H and O–H groups in total. The van der Waals surface area contributed by atoms with E-state index in [0.29, 0.717) is 0 Å². The molecule has 2 aliphatic heterocycles. The molecule has 1 aromatic rings. The maximum absolute atomic E-state index is 11.3. The summed E-state index contributed by atoms with van der Waals surface area (Å²) in [7, 11) is 0. The minimum absolute atomic E-state index is 0.0739. The minimum atomic E-state index is -0.268. The average Bonchev–Trinajstić information content (AvgIpc) is 2.97. The molecule has 1 aromatic carbocycles. The lowest BCUT2D eigenvalue weighted by Crippen LogP contribution is -2.37. The average molecular weight is 218 g/mol. The van der Waals surface area contributed by atoms with E-state index in [2.05, 4.69) is 0 Å². The maximum Gasteiger partial charge on any atom is 0.159 e. The van der Waals surface area contributed by atoms with Crippen molar-refractivity contribution >= 4 is 5.78 Å². The first-order chi connectivity index (χ1) is 7.49. The van der Waals surface area contributed by atoms with Crippen LogP contribution in [-0.4, -0.2) is 17.5 Å². The van der Waals surface area contributed by atoms with Crippen molar-refractivity contribution in [1.82, 2.24) is 0 Å². The SMILES string of the molecule is CC(=O)c1ccc2c(c1)[C@H]1O[C@@H]1C(C)(C)O2. The topological polar surface area (TPSA) is 38.8 Å². The highest BCUT2D eigenvalue weighted by Crippen LogP contribution is 2.53. The zero-order chi connectivity index (χ0) is 11.5. The Morgan fingerprint density at radius 2 is 2.12 bits per heavy atom. The molecular formula is C13H14O3. The number of rotatable bonds is 1. The van der Waals surface area contributed by atoms with Crippen LogP contribution in [0.2, 0.25) is 0 Å². The molecular weight excluding hydrogens is 204 g/mol. The molecule has 0 aliphatic carbocycles. The van der Waals surface area contributed by atoms with Crippen LogP contribution in [0.3, 0.4) is 0 Å². The van der Waals surface area contributed by atoms with Crippen LogP contribution in [0.5, 0.6) is 5.75 Å². The normalized spacial score (nSPS) is 28.7. The lowest BCUT2D eigenvalue weighted by atomic mass is 9.93. The van der Waals surface area contributed by atoms with E-state index in [4.69, 9.17) is 9.47 Å². The summed E-state index contributed by atoms with van der Waals surface area (Å²) in [6.07, 6.45) is 0.236. The van der Waals surface area contributed by atoms with Gasteiger partial charge in [-0.05, 0) is 39.0 Å². The summed E-state index contributed by atoms with van der Waals surface area (Å²) in [6, 6.07) is 5.56. The van der Waals surface area contributed by atoms with Crippen LogP contribution in [-0.2, 0) is 4.74 Å². The summed E-state index contributed by atoms with van der Waals surface area (Å²) < 4.78 is 11.5. The van der Waals surface area contributed by atoms with Gasteiger partial charge in [-0.15, -0.1) is 0 Å². The molecule has 0 bridgehead atoms. The van der Waals surface area contributed by atoms with Gasteiger partial charge in [0.1, 0.15) is 23.6 Å². The van der Waals surface area contributed by atoms with Crippen molar-refractivity contribution in [1.29, 1.82) is 0 Å². The van der Waals surface area contributed by atoms with Crippen LogP contribution in [0.25, 0.3) is 0 Å². The first kappa shape index (κ1) is 9.85. The third-order valence-electron chi connectivity index (χ3n) is 3.27. The van der Waals surface area contributed by atoms with Gasteiger partial charge in [-0.3, -0.25) is 4.79 Å². The zero-order valence-corrected chi connectivity index (χ0v) is 9.61. The number of fused-ring (bicyclic) bond motifs is 3. The molecule has 3 nitrogen and oxygen atoms in total. The molecule has 0 unspecified atom stereocenters. The Kier molecular flexibility index (Phi) is 1.76. The number of ether oxygens (including phenoxy) is 2. The lowest BCUT2D eigenvalue weighted by molar-refractivity contribution is 0.0725. The molecule has 0 amide bonds. The van der Waals surface area contributed by atoms with Crippen LogP contribution in [0.15, 0.2) is 18.2 Å². The van der Waals surface area contributed by atoms with Crippen LogP contribution < -0.4 is 4.74 Å². The second-order valence-electron chi connectivity index (χ2n) is 4.99. The summed E-state index contributed by atoms with van der Waals surface area (Å²) in [5.41, 5.74) is 1.46. The third-order valence-corrected chi connectivity index (χ3v) is 3.27. The van der Waals surface area contributed by atoms with Crippen molar-refractivity contribution < 1.29 is 14.3 Å². The van der Waals surface area contributed by atoms with Gasteiger partial charge < -0.3 is 9.47 Å². The number of carbonyl (C=O) groups is 1. The highest BCUT2D eigenvalue weighted by atomic mass is 16.6. The van der Waals surface area contributed by atoms with Gasteiger partial charge in [0, 0.05) is 11.1 Å². The van der Waals surface area contributed by atoms with Gasteiger partial charge >= 0.3 is 0 Å². The van der Waals surface area contributed by atoms with Crippen molar-refractivity contribution in [2.24, 2.45) is 0 Å². The van der Waals surface area contributed by atoms with E-state index in [-0.39, 0.29) is 23.6 Å². The second-order valence-corrected chi connectivity index (χ2v) is 4.99. The molecule has 16 heavy (non-hydrogen) atoms. The van der Waals surface area contributed by atoms with E-state index < -0.39 is 0 Å². The molecule has 2 atom stereocenters. The second kappa shape index (κ2) is 2.86. The molecule has 0 radical (unpaired) electrons. The Hall–Kier alpha value is -1.35. The summed E-state index contributed by atoms with van der Waals surface area (Å²) in [4.78, 5) is 11.3. The standard InChI is InChI=1S/C13H14O3/c1-7(14)8-4-5-10-9(6-8)11-12(15-11)13(2,3)16-10/h4-6,11-12H,1-3H3/t11-,12+/m1/s1. The van der Waals surface area contributed by atoms with Crippen LogP contribution in [0.1, 0.15) is 42.8 Å². The van der Waals surface area contributed by atoms with E-state index >= 15 is 0 Å². The molecule has 1 fully saturated rings. The lowest BCUT2D eigenvalue weighted by Gasteiger charge is -2.29. The van der Waals surface area contributed by atoms with Crippen molar-refractivity contribution in [3.05, 3.63) is 29.3 Å². The molecule has 1 saturated heterocycles. The highest BCUT2D eigenvalue weighted by Gasteiger charge is 2.56. The first-order valence-electron chi connectivity index (χ1n) is 5.48. The summed E-state index contributed by atoms with van der Waals surface area (Å²) in [5.74, 6) is 0.915. The third kappa shape index (κ3) is 1.28. The fraction of sp³-hybridized carbons (Fsp3) is 0.462. The van der Waals surface area contributed by atoms with Gasteiger partial charge in [0.15, 0.2) is 5.78 Å². The van der Waals surface area contributed by atoms with Crippen molar-refractivity contribution in [2.75, 3.05) is 0 Å². The predicted octanol–water partition coefficient (Wildman–Crippen LogP) is 2.50. The number of hydrogen-bond acceptors (Lipinski definition) is 3. The molecule has 84 valence electrons. The monoisotopic (exact) mass is 218 g/mol. The van der Waals surface area contributed by atoms with Gasteiger partial charge in [0.25, 0.3) is 0 Å². The van der Waals surface area contributed by atoms with Gasteiger partial charge in [0.05, 0.1) is 0 Å². The molecule has 0 spiro atoms. The summed E-state index contributed by atoms with van der Waals surface area (Å²) >= 11 is 0.